The van der Waals surface area contributed by atoms with Crippen molar-refractivity contribution in [1.82, 2.24) is 0 Å². The van der Waals surface area contributed by atoms with Gasteiger partial charge in [0.05, 0.1) is 13.2 Å². The Labute approximate surface area is 227 Å². The third kappa shape index (κ3) is 7.59. The standard InChI is InChI=1S/C32H48F4O2/c1-4-37-28-19-22(3)31(29(30(28)33)32(34,35)36)38-20-25-13-17-27(18-14-25)26-15-11-24(12-16-26)10-9-23-7-5-21(2)6-8-23/h19,21,23-27H,4-18,20H2,1-3H3. The first-order valence-corrected chi connectivity index (χ1v) is 15.3. The predicted molar refractivity (Wildman–Crippen MR) is 144 cm³/mol. The molecule has 4 rings (SSSR count). The second-order valence-electron chi connectivity index (χ2n) is 12.7. The molecule has 0 heterocycles. The van der Waals surface area contributed by atoms with Crippen LogP contribution >= 0.6 is 0 Å². The predicted octanol–water partition coefficient (Wildman–Crippen LogP) is 10.1. The van der Waals surface area contributed by atoms with Gasteiger partial charge in [-0.05, 0) is 99.5 Å². The summed E-state index contributed by atoms with van der Waals surface area (Å²) in [4.78, 5) is 0. The minimum Gasteiger partial charge on any atom is -0.492 e. The molecule has 0 spiro atoms. The van der Waals surface area contributed by atoms with Crippen molar-refractivity contribution in [2.45, 2.75) is 117 Å². The molecule has 3 aliphatic carbocycles. The summed E-state index contributed by atoms with van der Waals surface area (Å²) >= 11 is 0. The lowest BCUT2D eigenvalue weighted by Crippen LogP contribution is -2.28. The van der Waals surface area contributed by atoms with Crippen molar-refractivity contribution in [3.8, 4) is 11.5 Å². The maximum atomic E-state index is 14.7. The molecule has 6 heteroatoms. The fourth-order valence-corrected chi connectivity index (χ4v) is 7.51. The van der Waals surface area contributed by atoms with E-state index in [1.807, 2.05) is 0 Å². The van der Waals surface area contributed by atoms with Gasteiger partial charge in [-0.15, -0.1) is 0 Å². The Kier molecular flexibility index (Phi) is 10.3. The average molecular weight is 541 g/mol. The summed E-state index contributed by atoms with van der Waals surface area (Å²) in [5, 5.41) is 0. The van der Waals surface area contributed by atoms with Crippen LogP contribution in [0.1, 0.15) is 115 Å². The highest BCUT2D eigenvalue weighted by molar-refractivity contribution is 5.49. The summed E-state index contributed by atoms with van der Waals surface area (Å²) in [6.45, 7) is 5.84. The van der Waals surface area contributed by atoms with Crippen LogP contribution in [-0.4, -0.2) is 13.2 Å². The summed E-state index contributed by atoms with van der Waals surface area (Å²) in [5.74, 6) is 2.44. The molecule has 1 aromatic rings. The van der Waals surface area contributed by atoms with E-state index in [0.717, 1.165) is 55.3 Å². The highest BCUT2D eigenvalue weighted by atomic mass is 19.4. The number of benzene rings is 1. The Balaban J connectivity index is 1.22. The SMILES string of the molecule is CCOc1cc(C)c(OCC2CCC(C3CCC(CCC4CCC(C)CC4)CC3)CC2)c(C(F)(F)F)c1F. The number of rotatable bonds is 9. The fraction of sp³-hybridized carbons (Fsp3) is 0.812. The fourth-order valence-electron chi connectivity index (χ4n) is 7.51. The van der Waals surface area contributed by atoms with Crippen LogP contribution in [0.2, 0.25) is 0 Å². The summed E-state index contributed by atoms with van der Waals surface area (Å²) < 4.78 is 66.7. The molecule has 0 bridgehead atoms. The Morgan fingerprint density at radius 1 is 0.763 bits per heavy atom. The molecule has 38 heavy (non-hydrogen) atoms. The van der Waals surface area contributed by atoms with E-state index in [-0.39, 0.29) is 36.2 Å². The maximum absolute atomic E-state index is 14.7. The van der Waals surface area contributed by atoms with Crippen molar-refractivity contribution in [3.63, 3.8) is 0 Å². The zero-order chi connectivity index (χ0) is 27.3. The third-order valence-corrected chi connectivity index (χ3v) is 9.98. The molecule has 0 aliphatic heterocycles. The second-order valence-corrected chi connectivity index (χ2v) is 12.7. The summed E-state index contributed by atoms with van der Waals surface area (Å²) in [6, 6.07) is 1.31. The van der Waals surface area contributed by atoms with Gasteiger partial charge in [0.15, 0.2) is 11.6 Å². The van der Waals surface area contributed by atoms with Crippen LogP contribution in [0.5, 0.6) is 11.5 Å². The van der Waals surface area contributed by atoms with Gasteiger partial charge in [0, 0.05) is 0 Å². The third-order valence-electron chi connectivity index (χ3n) is 9.98. The van der Waals surface area contributed by atoms with Crippen LogP contribution in [0.4, 0.5) is 17.6 Å². The molecule has 0 radical (unpaired) electrons. The van der Waals surface area contributed by atoms with Gasteiger partial charge in [-0.2, -0.15) is 13.2 Å². The van der Waals surface area contributed by atoms with Crippen LogP contribution in [0.15, 0.2) is 6.07 Å². The monoisotopic (exact) mass is 540 g/mol. The number of aryl methyl sites for hydroxylation is 1. The number of halogens is 4. The Bertz CT molecular complexity index is 874. The molecular formula is C32H48F4O2. The molecule has 3 fully saturated rings. The largest absolute Gasteiger partial charge is 0.492 e. The Hall–Kier alpha value is -1.46. The van der Waals surface area contributed by atoms with Gasteiger partial charge in [0.2, 0.25) is 0 Å². The maximum Gasteiger partial charge on any atom is 0.422 e. The highest BCUT2D eigenvalue weighted by Gasteiger charge is 2.41. The Morgan fingerprint density at radius 3 is 1.76 bits per heavy atom. The van der Waals surface area contributed by atoms with Crippen molar-refractivity contribution < 1.29 is 27.0 Å². The lowest BCUT2D eigenvalue weighted by molar-refractivity contribution is -0.141. The Morgan fingerprint density at radius 2 is 1.26 bits per heavy atom. The average Bonchev–Trinajstić information content (AvgIpc) is 2.89. The summed E-state index contributed by atoms with van der Waals surface area (Å²) in [5.41, 5.74) is -1.09. The van der Waals surface area contributed by atoms with Gasteiger partial charge >= 0.3 is 6.18 Å². The molecule has 0 unspecified atom stereocenters. The second kappa shape index (κ2) is 13.3. The van der Waals surface area contributed by atoms with Gasteiger partial charge in [-0.1, -0.05) is 58.3 Å². The van der Waals surface area contributed by atoms with Gasteiger partial charge in [0.1, 0.15) is 11.3 Å². The van der Waals surface area contributed by atoms with Crippen molar-refractivity contribution in [2.24, 2.45) is 35.5 Å². The van der Waals surface area contributed by atoms with E-state index in [0.29, 0.717) is 0 Å². The number of hydrogen-bond acceptors (Lipinski definition) is 2. The molecular weight excluding hydrogens is 492 g/mol. The lowest BCUT2D eigenvalue weighted by Gasteiger charge is -2.38. The van der Waals surface area contributed by atoms with Crippen LogP contribution in [0.3, 0.4) is 0 Å². The van der Waals surface area contributed by atoms with Crippen LogP contribution < -0.4 is 9.47 Å². The van der Waals surface area contributed by atoms with Crippen LogP contribution in [-0.2, 0) is 6.18 Å². The van der Waals surface area contributed by atoms with E-state index in [2.05, 4.69) is 6.92 Å². The topological polar surface area (TPSA) is 18.5 Å². The van der Waals surface area contributed by atoms with E-state index >= 15 is 0 Å². The molecule has 0 atom stereocenters. The quantitative estimate of drug-likeness (QED) is 0.290. The molecule has 3 saturated carbocycles. The molecule has 0 N–H and O–H groups in total. The van der Waals surface area contributed by atoms with Crippen LogP contribution in [0, 0.1) is 48.2 Å². The van der Waals surface area contributed by atoms with Gasteiger partial charge in [-0.25, -0.2) is 4.39 Å². The first-order chi connectivity index (χ1) is 18.2. The van der Waals surface area contributed by atoms with Crippen molar-refractivity contribution in [1.29, 1.82) is 0 Å². The van der Waals surface area contributed by atoms with Crippen LogP contribution in [0.25, 0.3) is 0 Å². The molecule has 0 amide bonds. The molecule has 1 aromatic carbocycles. The van der Waals surface area contributed by atoms with Crippen molar-refractivity contribution in [2.75, 3.05) is 13.2 Å². The molecule has 216 valence electrons. The molecule has 3 aliphatic rings. The molecule has 0 aromatic heterocycles. The van der Waals surface area contributed by atoms with Crippen molar-refractivity contribution >= 4 is 0 Å². The van der Waals surface area contributed by atoms with Gasteiger partial charge in [-0.3, -0.25) is 0 Å². The van der Waals surface area contributed by atoms with E-state index in [1.165, 1.54) is 77.2 Å². The first-order valence-electron chi connectivity index (χ1n) is 15.3. The lowest BCUT2D eigenvalue weighted by atomic mass is 9.68. The van der Waals surface area contributed by atoms with Gasteiger partial charge < -0.3 is 9.47 Å². The zero-order valence-electron chi connectivity index (χ0n) is 23.7. The minimum absolute atomic E-state index is 0.0958. The summed E-state index contributed by atoms with van der Waals surface area (Å²) in [7, 11) is 0. The zero-order valence-corrected chi connectivity index (χ0v) is 23.7. The van der Waals surface area contributed by atoms with E-state index in [1.54, 1.807) is 6.92 Å². The van der Waals surface area contributed by atoms with Crippen molar-refractivity contribution in [3.05, 3.63) is 23.0 Å². The van der Waals surface area contributed by atoms with Gasteiger partial charge in [0.25, 0.3) is 0 Å². The summed E-state index contributed by atoms with van der Waals surface area (Å²) in [6.07, 6.45) is 13.4. The number of ether oxygens (including phenoxy) is 2. The molecule has 0 saturated heterocycles. The highest BCUT2D eigenvalue weighted by Crippen LogP contribution is 2.46. The normalized spacial score (nSPS) is 30.7. The number of hydrogen-bond donors (Lipinski definition) is 0. The van der Waals surface area contributed by atoms with E-state index < -0.39 is 17.6 Å². The van der Waals surface area contributed by atoms with E-state index in [4.69, 9.17) is 9.47 Å². The van der Waals surface area contributed by atoms with E-state index in [9.17, 15) is 17.6 Å². The smallest absolute Gasteiger partial charge is 0.422 e. The minimum atomic E-state index is -4.84. The number of alkyl halides is 3. The molecule has 2 nitrogen and oxygen atoms in total. The first kappa shape index (κ1) is 29.5.